The second-order valence-corrected chi connectivity index (χ2v) is 4.76. The molecule has 5 heteroatoms. The first-order chi connectivity index (χ1) is 8.77. The Kier molecular flexibility index (Phi) is 7.80. The molecule has 0 spiro atoms. The summed E-state index contributed by atoms with van der Waals surface area (Å²) in [5.74, 6) is 0.881. The molecular formula is C13H20FNO2S. The van der Waals surface area contributed by atoms with Crippen molar-refractivity contribution in [3.63, 3.8) is 0 Å². The van der Waals surface area contributed by atoms with E-state index in [2.05, 4.69) is 5.32 Å². The highest BCUT2D eigenvalue weighted by Gasteiger charge is 2.04. The number of thioether (sulfide) groups is 1. The Bertz CT molecular complexity index is 350. The van der Waals surface area contributed by atoms with E-state index in [1.165, 1.54) is 6.07 Å². The predicted molar refractivity (Wildman–Crippen MR) is 73.9 cm³/mol. The average molecular weight is 273 g/mol. The van der Waals surface area contributed by atoms with Gasteiger partial charge >= 0.3 is 0 Å². The van der Waals surface area contributed by atoms with Gasteiger partial charge in [0.05, 0.1) is 13.2 Å². The lowest BCUT2D eigenvalue weighted by molar-refractivity contribution is 0.199. The number of hydrogen-bond acceptors (Lipinski definition) is 4. The first-order valence-corrected chi connectivity index (χ1v) is 7.27. The van der Waals surface area contributed by atoms with Crippen molar-refractivity contribution in [3.8, 4) is 5.75 Å². The fraction of sp³-hybridized carbons (Fsp3) is 0.538. The van der Waals surface area contributed by atoms with Crippen LogP contribution in [0.15, 0.2) is 18.2 Å². The monoisotopic (exact) mass is 273 g/mol. The van der Waals surface area contributed by atoms with Crippen LogP contribution in [0.1, 0.15) is 5.56 Å². The maximum atomic E-state index is 13.7. The highest BCUT2D eigenvalue weighted by atomic mass is 32.2. The second-order valence-electron chi connectivity index (χ2n) is 3.78. The van der Waals surface area contributed by atoms with Crippen molar-refractivity contribution in [1.29, 1.82) is 0 Å². The fourth-order valence-electron chi connectivity index (χ4n) is 1.41. The van der Waals surface area contributed by atoms with Crippen LogP contribution >= 0.6 is 11.8 Å². The van der Waals surface area contributed by atoms with Gasteiger partial charge in [-0.1, -0.05) is 6.07 Å². The number of halogens is 1. The summed E-state index contributed by atoms with van der Waals surface area (Å²) >= 11 is 1.68. The van der Waals surface area contributed by atoms with Crippen LogP contribution in [-0.2, 0) is 11.3 Å². The summed E-state index contributed by atoms with van der Waals surface area (Å²) in [6.07, 6.45) is 1.99. The van der Waals surface area contributed by atoms with Gasteiger partial charge in [0.25, 0.3) is 0 Å². The van der Waals surface area contributed by atoms with Gasteiger partial charge in [0.15, 0.2) is 11.6 Å². The maximum Gasteiger partial charge on any atom is 0.165 e. The van der Waals surface area contributed by atoms with Gasteiger partial charge in [0.1, 0.15) is 0 Å². The molecule has 1 rings (SSSR count). The van der Waals surface area contributed by atoms with Gasteiger partial charge in [-0.2, -0.15) is 11.8 Å². The van der Waals surface area contributed by atoms with E-state index in [1.54, 1.807) is 24.9 Å². The van der Waals surface area contributed by atoms with Gasteiger partial charge in [0.2, 0.25) is 0 Å². The lowest BCUT2D eigenvalue weighted by Crippen LogP contribution is -2.18. The molecule has 18 heavy (non-hydrogen) atoms. The van der Waals surface area contributed by atoms with E-state index in [0.29, 0.717) is 25.5 Å². The number of rotatable bonds is 9. The molecule has 0 aliphatic carbocycles. The molecule has 0 heterocycles. The predicted octanol–water partition coefficient (Wildman–Crippen LogP) is 2.30. The van der Waals surface area contributed by atoms with E-state index in [-0.39, 0.29) is 5.82 Å². The number of hydrogen-bond donors (Lipinski definition) is 1. The molecule has 0 saturated heterocycles. The zero-order valence-corrected chi connectivity index (χ0v) is 11.7. The molecule has 0 bridgehead atoms. The Morgan fingerprint density at radius 3 is 2.83 bits per heavy atom. The minimum Gasteiger partial charge on any atom is -0.490 e. The van der Waals surface area contributed by atoms with Crippen molar-refractivity contribution in [3.05, 3.63) is 29.6 Å². The third-order valence-electron chi connectivity index (χ3n) is 2.35. The summed E-state index contributed by atoms with van der Waals surface area (Å²) < 4.78 is 23.9. The van der Waals surface area contributed by atoms with Gasteiger partial charge in [-0.15, -0.1) is 0 Å². The van der Waals surface area contributed by atoms with E-state index in [0.717, 1.165) is 17.9 Å². The summed E-state index contributed by atoms with van der Waals surface area (Å²) in [6, 6.07) is 5.06. The van der Waals surface area contributed by atoms with E-state index < -0.39 is 0 Å². The number of benzene rings is 1. The smallest absolute Gasteiger partial charge is 0.165 e. The van der Waals surface area contributed by atoms with Crippen molar-refractivity contribution in [2.24, 2.45) is 0 Å². The molecule has 0 aliphatic heterocycles. The van der Waals surface area contributed by atoms with Gasteiger partial charge < -0.3 is 14.8 Å². The molecule has 1 N–H and O–H groups in total. The van der Waals surface area contributed by atoms with Crippen molar-refractivity contribution in [1.82, 2.24) is 5.32 Å². The van der Waals surface area contributed by atoms with E-state index in [4.69, 9.17) is 9.47 Å². The largest absolute Gasteiger partial charge is 0.490 e. The van der Waals surface area contributed by atoms with Gasteiger partial charge in [-0.25, -0.2) is 4.39 Å². The van der Waals surface area contributed by atoms with E-state index in [9.17, 15) is 4.39 Å². The highest BCUT2D eigenvalue weighted by Crippen LogP contribution is 2.18. The van der Waals surface area contributed by atoms with Crippen LogP contribution in [-0.4, -0.2) is 38.9 Å². The topological polar surface area (TPSA) is 30.5 Å². The van der Waals surface area contributed by atoms with Crippen LogP contribution in [0.2, 0.25) is 0 Å². The minimum absolute atomic E-state index is 0.304. The molecule has 0 aromatic heterocycles. The normalized spacial score (nSPS) is 10.6. The van der Waals surface area contributed by atoms with E-state index in [1.807, 2.05) is 12.3 Å². The number of nitrogens with one attached hydrogen (secondary N) is 1. The standard InChI is InChI=1S/C13H20FNO2S/c1-16-6-5-15-10-11-3-4-13(12(14)9-11)17-7-8-18-2/h3-4,9,15H,5-8,10H2,1-2H3. The molecule has 3 nitrogen and oxygen atoms in total. The molecule has 0 aliphatic rings. The summed E-state index contributed by atoms with van der Waals surface area (Å²) in [5, 5.41) is 3.17. The third-order valence-corrected chi connectivity index (χ3v) is 2.93. The first kappa shape index (κ1) is 15.3. The van der Waals surface area contributed by atoms with Crippen LogP contribution in [0.25, 0.3) is 0 Å². The molecule has 102 valence electrons. The summed E-state index contributed by atoms with van der Waals surface area (Å²) in [5.41, 5.74) is 0.904. The molecule has 0 amide bonds. The lowest BCUT2D eigenvalue weighted by atomic mass is 10.2. The quantitative estimate of drug-likeness (QED) is 0.699. The Labute approximate surface area is 112 Å². The molecule has 0 radical (unpaired) electrons. The van der Waals surface area contributed by atoms with Crippen molar-refractivity contribution in [2.75, 3.05) is 38.9 Å². The Morgan fingerprint density at radius 2 is 2.17 bits per heavy atom. The van der Waals surface area contributed by atoms with Crippen LogP contribution in [0.5, 0.6) is 5.75 Å². The van der Waals surface area contributed by atoms with Crippen molar-refractivity contribution >= 4 is 11.8 Å². The fourth-order valence-corrected chi connectivity index (χ4v) is 1.66. The Balaban J connectivity index is 2.41. The van der Waals surface area contributed by atoms with Gasteiger partial charge in [-0.05, 0) is 24.0 Å². The zero-order chi connectivity index (χ0) is 13.2. The van der Waals surface area contributed by atoms with Crippen LogP contribution in [0.3, 0.4) is 0 Å². The molecular weight excluding hydrogens is 253 g/mol. The first-order valence-electron chi connectivity index (χ1n) is 5.87. The average Bonchev–Trinajstić information content (AvgIpc) is 2.37. The molecule has 1 aromatic carbocycles. The molecule has 0 atom stereocenters. The maximum absolute atomic E-state index is 13.7. The molecule has 0 fully saturated rings. The highest BCUT2D eigenvalue weighted by molar-refractivity contribution is 7.98. The summed E-state index contributed by atoms with van der Waals surface area (Å²) in [4.78, 5) is 0. The van der Waals surface area contributed by atoms with Crippen LogP contribution in [0, 0.1) is 5.82 Å². The van der Waals surface area contributed by atoms with Crippen molar-refractivity contribution < 1.29 is 13.9 Å². The Morgan fingerprint density at radius 1 is 1.33 bits per heavy atom. The van der Waals surface area contributed by atoms with Gasteiger partial charge in [0, 0.05) is 26.0 Å². The van der Waals surface area contributed by atoms with Crippen LogP contribution in [0.4, 0.5) is 4.39 Å². The van der Waals surface area contributed by atoms with Crippen molar-refractivity contribution in [2.45, 2.75) is 6.54 Å². The molecule has 0 saturated carbocycles. The molecule has 1 aromatic rings. The SMILES string of the molecule is COCCNCc1ccc(OCCSC)c(F)c1. The second kappa shape index (κ2) is 9.19. The summed E-state index contributed by atoms with van der Waals surface area (Å²) in [6.45, 7) is 2.57. The van der Waals surface area contributed by atoms with Gasteiger partial charge in [-0.3, -0.25) is 0 Å². The Hall–Kier alpha value is -0.780. The number of methoxy groups -OCH3 is 1. The third kappa shape index (κ3) is 5.71. The summed E-state index contributed by atoms with van der Waals surface area (Å²) in [7, 11) is 1.65. The zero-order valence-electron chi connectivity index (χ0n) is 10.9. The minimum atomic E-state index is -0.304. The van der Waals surface area contributed by atoms with Crippen LogP contribution < -0.4 is 10.1 Å². The van der Waals surface area contributed by atoms with E-state index >= 15 is 0 Å². The number of ether oxygens (including phenoxy) is 2. The molecule has 0 unspecified atom stereocenters. The lowest BCUT2D eigenvalue weighted by Gasteiger charge is -2.09.